The van der Waals surface area contributed by atoms with Crippen molar-refractivity contribution in [1.29, 1.82) is 0 Å². The van der Waals surface area contributed by atoms with Crippen LogP contribution in [0, 0.1) is 0 Å². The van der Waals surface area contributed by atoms with Crippen molar-refractivity contribution in [2.75, 3.05) is 13.2 Å². The van der Waals surface area contributed by atoms with E-state index in [1.54, 1.807) is 0 Å². The van der Waals surface area contributed by atoms with Crippen molar-refractivity contribution in [3.05, 3.63) is 97.6 Å². The van der Waals surface area contributed by atoms with Crippen LogP contribution in [0.15, 0.2) is 97.6 Å². The minimum atomic E-state index is -2.46. The Bertz CT molecular complexity index is 1130. The summed E-state index contributed by atoms with van der Waals surface area (Å²) in [6.45, 7) is 6.02. The van der Waals surface area contributed by atoms with Crippen molar-refractivity contribution < 1.29 is 9.47 Å². The van der Waals surface area contributed by atoms with Gasteiger partial charge in [-0.05, 0) is 52.7 Å². The molecule has 1 aromatic heterocycles. The summed E-state index contributed by atoms with van der Waals surface area (Å²) < 4.78 is 14.4. The van der Waals surface area contributed by atoms with Crippen molar-refractivity contribution in [3.8, 4) is 11.5 Å². The third kappa shape index (κ3) is 7.86. The Balaban J connectivity index is 1.65. The fraction of sp³-hybridized carbons (Fsp3) is 0.382. The van der Waals surface area contributed by atoms with E-state index in [9.17, 15) is 0 Å². The molecule has 4 nitrogen and oxygen atoms in total. The second-order valence-electron chi connectivity index (χ2n) is 10.4. The molecule has 206 valence electrons. The van der Waals surface area contributed by atoms with Crippen LogP contribution in [-0.2, 0) is 6.17 Å². The van der Waals surface area contributed by atoms with E-state index in [1.807, 2.05) is 12.5 Å². The van der Waals surface area contributed by atoms with E-state index in [1.165, 1.54) is 54.1 Å². The van der Waals surface area contributed by atoms with Gasteiger partial charge in [0.15, 0.2) is 8.07 Å². The molecule has 0 spiro atoms. The molecule has 0 bridgehead atoms. The molecule has 5 heteroatoms. The predicted molar refractivity (Wildman–Crippen MR) is 165 cm³/mol. The van der Waals surface area contributed by atoms with E-state index in [-0.39, 0.29) is 0 Å². The lowest BCUT2D eigenvalue weighted by atomic mass is 10.2. The molecule has 4 aromatic rings. The first-order chi connectivity index (χ1) is 19.3. The van der Waals surface area contributed by atoms with Crippen LogP contribution < -0.4 is 25.0 Å². The molecular weight excluding hydrogens is 496 g/mol. The number of benzene rings is 3. The van der Waals surface area contributed by atoms with Crippen molar-refractivity contribution in [2.24, 2.45) is 0 Å². The van der Waals surface area contributed by atoms with Gasteiger partial charge in [0.25, 0.3) is 0 Å². The molecule has 0 radical (unpaired) electrons. The number of ether oxygens (including phenoxy) is 2. The Morgan fingerprint density at radius 3 is 1.59 bits per heavy atom. The van der Waals surface area contributed by atoms with Crippen LogP contribution in [0.4, 0.5) is 0 Å². The normalized spacial score (nSPS) is 11.4. The molecule has 0 amide bonds. The maximum atomic E-state index is 6.10. The predicted octanol–water partition coefficient (Wildman–Crippen LogP) is 6.51. The second-order valence-corrected chi connectivity index (χ2v) is 14.2. The van der Waals surface area contributed by atoms with Crippen LogP contribution in [0.2, 0.25) is 0 Å². The van der Waals surface area contributed by atoms with Gasteiger partial charge in [0, 0.05) is 18.6 Å². The number of aromatic nitrogens is 2. The zero-order valence-corrected chi connectivity index (χ0v) is 24.7. The average molecular weight is 541 g/mol. The second kappa shape index (κ2) is 15.3. The number of rotatable bonds is 17. The van der Waals surface area contributed by atoms with Gasteiger partial charge in [-0.3, -0.25) is 0 Å². The highest BCUT2D eigenvalue weighted by Crippen LogP contribution is 2.17. The number of unbranched alkanes of at least 4 members (excludes halogenated alkanes) is 6. The molecule has 0 atom stereocenters. The first kappa shape index (κ1) is 28.7. The molecular formula is C34H44N2O2Si. The summed E-state index contributed by atoms with van der Waals surface area (Å²) in [6.07, 6.45) is 16.4. The first-order valence-electron chi connectivity index (χ1n) is 14.7. The van der Waals surface area contributed by atoms with E-state index in [4.69, 9.17) is 9.47 Å². The molecule has 0 N–H and O–H groups in total. The SMILES string of the molecule is CCCCCCOc1ccc([Si](Cn2ccnc2)(c2ccccc2)c2ccc(OCCCCCC)cc2)cc1. The molecule has 0 fully saturated rings. The third-order valence-corrected chi connectivity index (χ3v) is 12.3. The van der Waals surface area contributed by atoms with Gasteiger partial charge in [-0.15, -0.1) is 0 Å². The lowest BCUT2D eigenvalue weighted by Crippen LogP contribution is -2.69. The molecule has 0 aliphatic rings. The Morgan fingerprint density at radius 1 is 0.615 bits per heavy atom. The van der Waals surface area contributed by atoms with Crippen LogP contribution in [0.5, 0.6) is 11.5 Å². The monoisotopic (exact) mass is 540 g/mol. The first-order valence-corrected chi connectivity index (χ1v) is 16.9. The average Bonchev–Trinajstić information content (AvgIpc) is 3.50. The highest BCUT2D eigenvalue weighted by molar-refractivity contribution is 7.10. The molecule has 0 saturated heterocycles. The van der Waals surface area contributed by atoms with E-state index >= 15 is 0 Å². The van der Waals surface area contributed by atoms with Gasteiger partial charge in [-0.2, -0.15) is 0 Å². The zero-order chi connectivity index (χ0) is 27.2. The molecule has 39 heavy (non-hydrogen) atoms. The molecule has 4 rings (SSSR count). The summed E-state index contributed by atoms with van der Waals surface area (Å²) in [4.78, 5) is 4.37. The zero-order valence-electron chi connectivity index (χ0n) is 23.7. The summed E-state index contributed by atoms with van der Waals surface area (Å²) in [5.41, 5.74) is 0. The van der Waals surface area contributed by atoms with E-state index in [0.29, 0.717) is 0 Å². The Morgan fingerprint density at radius 2 is 1.13 bits per heavy atom. The summed E-state index contributed by atoms with van der Waals surface area (Å²) in [6, 6.07) is 28.8. The summed E-state index contributed by atoms with van der Waals surface area (Å²) >= 11 is 0. The minimum absolute atomic E-state index is 0.773. The van der Waals surface area contributed by atoms with Crippen molar-refractivity contribution in [1.82, 2.24) is 9.55 Å². The molecule has 0 aliphatic heterocycles. The number of nitrogens with zero attached hydrogens (tertiary/aromatic N) is 2. The van der Waals surface area contributed by atoms with Gasteiger partial charge in [0.1, 0.15) is 11.5 Å². The quantitative estimate of drug-likeness (QED) is 0.0870. The van der Waals surface area contributed by atoms with E-state index < -0.39 is 8.07 Å². The van der Waals surface area contributed by atoms with Gasteiger partial charge in [0.05, 0.1) is 19.5 Å². The van der Waals surface area contributed by atoms with Gasteiger partial charge >= 0.3 is 0 Å². The van der Waals surface area contributed by atoms with Gasteiger partial charge in [-0.25, -0.2) is 4.98 Å². The molecule has 0 aliphatic carbocycles. The summed E-state index contributed by atoms with van der Waals surface area (Å²) in [5.74, 6) is 1.89. The molecule has 0 unspecified atom stereocenters. The van der Waals surface area contributed by atoms with Crippen molar-refractivity contribution in [2.45, 2.75) is 71.4 Å². The maximum Gasteiger partial charge on any atom is 0.168 e. The van der Waals surface area contributed by atoms with Gasteiger partial charge < -0.3 is 14.0 Å². The van der Waals surface area contributed by atoms with E-state index in [2.05, 4.69) is 108 Å². The van der Waals surface area contributed by atoms with Crippen LogP contribution in [0.1, 0.15) is 65.2 Å². The van der Waals surface area contributed by atoms with Gasteiger partial charge in [-0.1, -0.05) is 107 Å². The topological polar surface area (TPSA) is 36.3 Å². The third-order valence-electron chi connectivity index (χ3n) is 7.47. The van der Waals surface area contributed by atoms with Crippen molar-refractivity contribution in [3.63, 3.8) is 0 Å². The lowest BCUT2D eigenvalue weighted by Gasteiger charge is -2.34. The molecule has 0 saturated carbocycles. The molecule has 1 heterocycles. The van der Waals surface area contributed by atoms with Crippen LogP contribution in [-0.4, -0.2) is 30.8 Å². The highest BCUT2D eigenvalue weighted by atomic mass is 28.3. The number of imidazole rings is 1. The minimum Gasteiger partial charge on any atom is -0.494 e. The smallest absolute Gasteiger partial charge is 0.168 e. The largest absolute Gasteiger partial charge is 0.494 e. The van der Waals surface area contributed by atoms with Gasteiger partial charge in [0.2, 0.25) is 0 Å². The van der Waals surface area contributed by atoms with Crippen LogP contribution >= 0.6 is 0 Å². The fourth-order valence-corrected chi connectivity index (χ4v) is 9.78. The summed E-state index contributed by atoms with van der Waals surface area (Å²) in [7, 11) is -2.46. The summed E-state index contributed by atoms with van der Waals surface area (Å²) in [5, 5.41) is 4.09. The maximum absolute atomic E-state index is 6.10. The Hall–Kier alpha value is -3.31. The van der Waals surface area contributed by atoms with Crippen LogP contribution in [0.25, 0.3) is 0 Å². The van der Waals surface area contributed by atoms with Crippen LogP contribution in [0.3, 0.4) is 0 Å². The number of hydrogen-bond acceptors (Lipinski definition) is 3. The Kier molecular flexibility index (Phi) is 11.3. The lowest BCUT2D eigenvalue weighted by molar-refractivity contribution is 0.305. The molecule has 3 aromatic carbocycles. The fourth-order valence-electron chi connectivity index (χ4n) is 5.26. The number of hydrogen-bond donors (Lipinski definition) is 0. The van der Waals surface area contributed by atoms with Crippen molar-refractivity contribution >= 4 is 23.6 Å². The van der Waals surface area contributed by atoms with E-state index in [0.717, 1.165) is 43.7 Å². The Labute approximate surface area is 236 Å². The highest BCUT2D eigenvalue weighted by Gasteiger charge is 2.40. The standard InChI is InChI=1S/C34H44N2O2Si/c1-3-5-7-12-26-37-30-16-20-33(21-17-30)39(29-36-25-24-35-28-36,32-14-10-9-11-15-32)34-22-18-31(19-23-34)38-27-13-8-6-4-2/h9-11,14-25,28H,3-8,12-13,26-27,29H2,1-2H3.